The Kier molecular flexibility index (Phi) is 4.83. The minimum absolute atomic E-state index is 0.145. The van der Waals surface area contributed by atoms with Crippen molar-refractivity contribution < 1.29 is 4.74 Å². The number of methoxy groups -OCH3 is 1. The lowest BCUT2D eigenvalue weighted by Crippen LogP contribution is -2.09. The van der Waals surface area contributed by atoms with Crippen LogP contribution in [0.3, 0.4) is 0 Å². The molecule has 2 aromatic carbocycles. The SMILES string of the molecule is COCc1ccccc1NC(C)c1ccccc1Cl. The first-order valence-electron chi connectivity index (χ1n) is 6.30. The minimum Gasteiger partial charge on any atom is -0.380 e. The maximum Gasteiger partial charge on any atom is 0.0733 e. The molecule has 0 spiro atoms. The molecule has 0 aliphatic heterocycles. The summed E-state index contributed by atoms with van der Waals surface area (Å²) in [6, 6.07) is 16.2. The maximum atomic E-state index is 6.22. The lowest BCUT2D eigenvalue weighted by atomic mass is 10.1. The van der Waals surface area contributed by atoms with Crippen LogP contribution in [0.15, 0.2) is 48.5 Å². The zero-order chi connectivity index (χ0) is 13.7. The first-order chi connectivity index (χ1) is 9.22. The lowest BCUT2D eigenvalue weighted by Gasteiger charge is -2.19. The molecule has 19 heavy (non-hydrogen) atoms. The standard InChI is InChI=1S/C16H18ClNO/c1-12(14-8-4-5-9-15(14)17)18-16-10-6-3-7-13(16)11-19-2/h3-10,12,18H,11H2,1-2H3. The first kappa shape index (κ1) is 13.9. The van der Waals surface area contributed by atoms with Crippen molar-refractivity contribution in [2.75, 3.05) is 12.4 Å². The van der Waals surface area contributed by atoms with Crippen molar-refractivity contribution in [1.82, 2.24) is 0 Å². The Morgan fingerprint density at radius 3 is 2.53 bits per heavy atom. The topological polar surface area (TPSA) is 21.3 Å². The van der Waals surface area contributed by atoms with E-state index in [-0.39, 0.29) is 6.04 Å². The average Bonchev–Trinajstić information content (AvgIpc) is 2.41. The highest BCUT2D eigenvalue weighted by Gasteiger charge is 2.10. The second-order valence-corrected chi connectivity index (χ2v) is 4.88. The monoisotopic (exact) mass is 275 g/mol. The summed E-state index contributed by atoms with van der Waals surface area (Å²) < 4.78 is 5.21. The van der Waals surface area contributed by atoms with E-state index in [4.69, 9.17) is 16.3 Å². The number of ether oxygens (including phenoxy) is 1. The molecule has 0 aromatic heterocycles. The summed E-state index contributed by atoms with van der Waals surface area (Å²) in [5.74, 6) is 0. The predicted octanol–water partition coefficient (Wildman–Crippen LogP) is 4.66. The minimum atomic E-state index is 0.145. The number of anilines is 1. The lowest BCUT2D eigenvalue weighted by molar-refractivity contribution is 0.185. The van der Waals surface area contributed by atoms with E-state index >= 15 is 0 Å². The zero-order valence-electron chi connectivity index (χ0n) is 11.2. The molecule has 1 N–H and O–H groups in total. The van der Waals surface area contributed by atoms with Crippen LogP contribution in [0.5, 0.6) is 0 Å². The van der Waals surface area contributed by atoms with Crippen molar-refractivity contribution in [3.8, 4) is 0 Å². The van der Waals surface area contributed by atoms with Crippen LogP contribution in [-0.4, -0.2) is 7.11 Å². The molecule has 3 heteroatoms. The van der Waals surface area contributed by atoms with E-state index in [0.29, 0.717) is 6.61 Å². The Balaban J connectivity index is 2.19. The van der Waals surface area contributed by atoms with Crippen molar-refractivity contribution in [1.29, 1.82) is 0 Å². The van der Waals surface area contributed by atoms with Gasteiger partial charge in [0, 0.05) is 23.4 Å². The molecule has 0 saturated heterocycles. The molecule has 0 bridgehead atoms. The van der Waals surface area contributed by atoms with Gasteiger partial charge < -0.3 is 10.1 Å². The van der Waals surface area contributed by atoms with Gasteiger partial charge in [-0.1, -0.05) is 48.0 Å². The summed E-state index contributed by atoms with van der Waals surface area (Å²) in [7, 11) is 1.70. The Hall–Kier alpha value is -1.51. The molecule has 0 saturated carbocycles. The van der Waals surface area contributed by atoms with Crippen molar-refractivity contribution in [2.24, 2.45) is 0 Å². The maximum absolute atomic E-state index is 6.22. The van der Waals surface area contributed by atoms with Crippen LogP contribution in [0.2, 0.25) is 5.02 Å². The quantitative estimate of drug-likeness (QED) is 0.857. The fourth-order valence-corrected chi connectivity index (χ4v) is 2.38. The van der Waals surface area contributed by atoms with Crippen molar-refractivity contribution >= 4 is 17.3 Å². The molecule has 2 aromatic rings. The number of para-hydroxylation sites is 1. The second-order valence-electron chi connectivity index (χ2n) is 4.48. The van der Waals surface area contributed by atoms with Crippen LogP contribution in [0.4, 0.5) is 5.69 Å². The molecule has 2 rings (SSSR count). The first-order valence-corrected chi connectivity index (χ1v) is 6.68. The van der Waals surface area contributed by atoms with Crippen LogP contribution < -0.4 is 5.32 Å². The molecule has 0 heterocycles. The number of nitrogens with one attached hydrogen (secondary N) is 1. The highest BCUT2D eigenvalue weighted by molar-refractivity contribution is 6.31. The number of benzene rings is 2. The van der Waals surface area contributed by atoms with Gasteiger partial charge in [0.15, 0.2) is 0 Å². The van der Waals surface area contributed by atoms with Crippen molar-refractivity contribution in [2.45, 2.75) is 19.6 Å². The summed E-state index contributed by atoms with van der Waals surface area (Å²) in [5, 5.41) is 4.27. The van der Waals surface area contributed by atoms with E-state index in [0.717, 1.165) is 21.8 Å². The predicted molar refractivity (Wildman–Crippen MR) is 80.6 cm³/mol. The van der Waals surface area contributed by atoms with Gasteiger partial charge in [-0.15, -0.1) is 0 Å². The van der Waals surface area contributed by atoms with E-state index in [1.54, 1.807) is 7.11 Å². The summed E-state index contributed by atoms with van der Waals surface area (Å²) in [6.45, 7) is 2.70. The van der Waals surface area contributed by atoms with Gasteiger partial charge in [-0.2, -0.15) is 0 Å². The zero-order valence-corrected chi connectivity index (χ0v) is 11.9. The van der Waals surface area contributed by atoms with Crippen LogP contribution in [0.25, 0.3) is 0 Å². The number of rotatable bonds is 5. The van der Waals surface area contributed by atoms with E-state index in [1.807, 2.05) is 36.4 Å². The summed E-state index contributed by atoms with van der Waals surface area (Å²) in [5.41, 5.74) is 3.32. The van der Waals surface area contributed by atoms with E-state index in [2.05, 4.69) is 24.4 Å². The van der Waals surface area contributed by atoms with E-state index in [1.165, 1.54) is 0 Å². The molecule has 1 unspecified atom stereocenters. The normalized spacial score (nSPS) is 12.2. The van der Waals surface area contributed by atoms with Gasteiger partial charge >= 0.3 is 0 Å². The van der Waals surface area contributed by atoms with Gasteiger partial charge in [-0.25, -0.2) is 0 Å². The third-order valence-corrected chi connectivity index (χ3v) is 3.41. The molecule has 0 aliphatic carbocycles. The van der Waals surface area contributed by atoms with E-state index in [9.17, 15) is 0 Å². The molecule has 1 atom stereocenters. The summed E-state index contributed by atoms with van der Waals surface area (Å²) >= 11 is 6.22. The number of hydrogen-bond donors (Lipinski definition) is 1. The summed E-state index contributed by atoms with van der Waals surface area (Å²) in [4.78, 5) is 0. The smallest absolute Gasteiger partial charge is 0.0733 e. The fourth-order valence-electron chi connectivity index (χ4n) is 2.08. The number of hydrogen-bond acceptors (Lipinski definition) is 2. The van der Waals surface area contributed by atoms with Gasteiger partial charge in [0.25, 0.3) is 0 Å². The molecule has 0 aliphatic rings. The van der Waals surface area contributed by atoms with Gasteiger partial charge in [0.2, 0.25) is 0 Å². The van der Waals surface area contributed by atoms with Gasteiger partial charge in [-0.05, 0) is 24.6 Å². The van der Waals surface area contributed by atoms with Crippen LogP contribution >= 0.6 is 11.6 Å². The van der Waals surface area contributed by atoms with Crippen LogP contribution in [0.1, 0.15) is 24.1 Å². The Morgan fingerprint density at radius 2 is 1.79 bits per heavy atom. The number of halogens is 1. The second kappa shape index (κ2) is 6.60. The van der Waals surface area contributed by atoms with Crippen LogP contribution in [-0.2, 0) is 11.3 Å². The molecule has 0 fully saturated rings. The molecular weight excluding hydrogens is 258 g/mol. The van der Waals surface area contributed by atoms with Crippen molar-refractivity contribution in [3.63, 3.8) is 0 Å². The highest BCUT2D eigenvalue weighted by atomic mass is 35.5. The van der Waals surface area contributed by atoms with Crippen LogP contribution in [0, 0.1) is 0 Å². The van der Waals surface area contributed by atoms with E-state index < -0.39 is 0 Å². The van der Waals surface area contributed by atoms with Gasteiger partial charge in [-0.3, -0.25) is 0 Å². The van der Waals surface area contributed by atoms with Crippen molar-refractivity contribution in [3.05, 3.63) is 64.7 Å². The molecule has 0 amide bonds. The molecule has 0 radical (unpaired) electrons. The Labute approximate surface area is 119 Å². The summed E-state index contributed by atoms with van der Waals surface area (Å²) in [6.07, 6.45) is 0. The Morgan fingerprint density at radius 1 is 1.11 bits per heavy atom. The van der Waals surface area contributed by atoms with Gasteiger partial charge in [0.1, 0.15) is 0 Å². The third kappa shape index (κ3) is 3.49. The highest BCUT2D eigenvalue weighted by Crippen LogP contribution is 2.27. The average molecular weight is 276 g/mol. The molecule has 2 nitrogen and oxygen atoms in total. The molecular formula is C16H18ClNO. The largest absolute Gasteiger partial charge is 0.380 e. The third-order valence-electron chi connectivity index (χ3n) is 3.06. The molecule has 100 valence electrons. The van der Waals surface area contributed by atoms with Gasteiger partial charge in [0.05, 0.1) is 12.6 Å². The Bertz CT molecular complexity index is 542. The fraction of sp³-hybridized carbons (Fsp3) is 0.250.